The zero-order valence-electron chi connectivity index (χ0n) is 11.4. The lowest BCUT2D eigenvalue weighted by molar-refractivity contribution is -0.00822. The summed E-state index contributed by atoms with van der Waals surface area (Å²) in [5, 5.41) is 0. The monoisotopic (exact) mass is 248 g/mol. The smallest absolute Gasteiger partial charge is 0.0782 e. The lowest BCUT2D eigenvalue weighted by Crippen LogP contribution is -2.39. The van der Waals surface area contributed by atoms with Crippen LogP contribution in [0.15, 0.2) is 24.3 Å². The minimum Gasteiger partial charge on any atom is -0.376 e. The molecule has 0 aromatic heterocycles. The van der Waals surface area contributed by atoms with E-state index in [9.17, 15) is 0 Å². The summed E-state index contributed by atoms with van der Waals surface area (Å²) in [6.45, 7) is 5.27. The molecule has 1 aliphatic heterocycles. The van der Waals surface area contributed by atoms with Crippen molar-refractivity contribution >= 4 is 0 Å². The Morgan fingerprint density at radius 1 is 1.17 bits per heavy atom. The molecule has 1 aromatic rings. The Balaban J connectivity index is 2.11. The molecule has 0 spiro atoms. The molecule has 0 saturated carbocycles. The van der Waals surface area contributed by atoms with Crippen molar-refractivity contribution in [2.24, 2.45) is 5.84 Å². The molecule has 2 unspecified atom stereocenters. The highest BCUT2D eigenvalue weighted by atomic mass is 16.5. The van der Waals surface area contributed by atoms with Crippen molar-refractivity contribution in [2.45, 2.75) is 51.2 Å². The SMILES string of the molecule is CC(C)c1ccc(C(NN)C2CCCCO2)cc1. The maximum absolute atomic E-state index is 5.82. The van der Waals surface area contributed by atoms with Crippen molar-refractivity contribution in [2.75, 3.05) is 6.61 Å². The maximum atomic E-state index is 5.82. The first-order valence-corrected chi connectivity index (χ1v) is 6.90. The van der Waals surface area contributed by atoms with Crippen LogP contribution in [-0.2, 0) is 4.74 Å². The van der Waals surface area contributed by atoms with Gasteiger partial charge in [-0.25, -0.2) is 0 Å². The van der Waals surface area contributed by atoms with Crippen LogP contribution < -0.4 is 11.3 Å². The van der Waals surface area contributed by atoms with E-state index in [2.05, 4.69) is 43.5 Å². The van der Waals surface area contributed by atoms with Crippen LogP contribution in [0.2, 0.25) is 0 Å². The van der Waals surface area contributed by atoms with Gasteiger partial charge in [0.2, 0.25) is 0 Å². The minimum absolute atomic E-state index is 0.103. The molecule has 100 valence electrons. The van der Waals surface area contributed by atoms with Crippen LogP contribution in [0.4, 0.5) is 0 Å². The summed E-state index contributed by atoms with van der Waals surface area (Å²) in [6.07, 6.45) is 3.68. The molecule has 3 heteroatoms. The Morgan fingerprint density at radius 3 is 2.33 bits per heavy atom. The zero-order valence-corrected chi connectivity index (χ0v) is 11.4. The van der Waals surface area contributed by atoms with Gasteiger partial charge in [0.25, 0.3) is 0 Å². The summed E-state index contributed by atoms with van der Waals surface area (Å²) in [4.78, 5) is 0. The van der Waals surface area contributed by atoms with E-state index in [4.69, 9.17) is 10.6 Å². The van der Waals surface area contributed by atoms with Crippen LogP contribution in [0, 0.1) is 0 Å². The van der Waals surface area contributed by atoms with Crippen LogP contribution in [-0.4, -0.2) is 12.7 Å². The molecule has 18 heavy (non-hydrogen) atoms. The number of rotatable bonds is 4. The average molecular weight is 248 g/mol. The van der Waals surface area contributed by atoms with Gasteiger partial charge in [-0.1, -0.05) is 38.1 Å². The summed E-state index contributed by atoms with van der Waals surface area (Å²) in [7, 11) is 0. The molecule has 3 nitrogen and oxygen atoms in total. The second-order valence-corrected chi connectivity index (χ2v) is 5.37. The summed E-state index contributed by atoms with van der Waals surface area (Å²) in [5.74, 6) is 6.27. The highest BCUT2D eigenvalue weighted by Gasteiger charge is 2.24. The molecule has 0 aliphatic carbocycles. The summed E-state index contributed by atoms with van der Waals surface area (Å²) >= 11 is 0. The fourth-order valence-corrected chi connectivity index (χ4v) is 2.53. The van der Waals surface area contributed by atoms with Crippen molar-refractivity contribution in [3.05, 3.63) is 35.4 Å². The third-order valence-corrected chi connectivity index (χ3v) is 3.73. The first-order chi connectivity index (χ1) is 8.72. The van der Waals surface area contributed by atoms with E-state index in [1.807, 2.05) is 0 Å². The molecule has 1 aliphatic rings. The first kappa shape index (κ1) is 13.5. The van der Waals surface area contributed by atoms with Gasteiger partial charge >= 0.3 is 0 Å². The number of hydrogen-bond acceptors (Lipinski definition) is 3. The van der Waals surface area contributed by atoms with E-state index in [-0.39, 0.29) is 12.1 Å². The number of nitrogens with two attached hydrogens (primary N) is 1. The predicted octanol–water partition coefficient (Wildman–Crippen LogP) is 2.88. The van der Waals surface area contributed by atoms with E-state index in [1.165, 1.54) is 24.0 Å². The third-order valence-electron chi connectivity index (χ3n) is 3.73. The predicted molar refractivity (Wildman–Crippen MR) is 74.2 cm³/mol. The molecule has 1 saturated heterocycles. The molecule has 0 amide bonds. The van der Waals surface area contributed by atoms with Crippen LogP contribution in [0.5, 0.6) is 0 Å². The van der Waals surface area contributed by atoms with Gasteiger partial charge in [-0.05, 0) is 36.3 Å². The summed E-state index contributed by atoms with van der Waals surface area (Å²) in [5.41, 5.74) is 5.49. The Labute approximate surface area is 110 Å². The quantitative estimate of drug-likeness (QED) is 0.636. The molecule has 0 radical (unpaired) electrons. The number of nitrogens with one attached hydrogen (secondary N) is 1. The second kappa shape index (κ2) is 6.32. The molecular weight excluding hydrogens is 224 g/mol. The van der Waals surface area contributed by atoms with Gasteiger partial charge in [0.15, 0.2) is 0 Å². The molecular formula is C15H24N2O. The highest BCUT2D eigenvalue weighted by molar-refractivity contribution is 5.27. The average Bonchev–Trinajstić information content (AvgIpc) is 2.41. The largest absolute Gasteiger partial charge is 0.376 e. The fraction of sp³-hybridized carbons (Fsp3) is 0.600. The van der Waals surface area contributed by atoms with E-state index in [1.54, 1.807) is 0 Å². The number of hydrogen-bond donors (Lipinski definition) is 2. The lowest BCUT2D eigenvalue weighted by Gasteiger charge is -2.30. The molecule has 2 rings (SSSR count). The fourth-order valence-electron chi connectivity index (χ4n) is 2.53. The van der Waals surface area contributed by atoms with Gasteiger partial charge in [-0.2, -0.15) is 0 Å². The van der Waals surface area contributed by atoms with Crippen molar-refractivity contribution < 1.29 is 4.74 Å². The van der Waals surface area contributed by atoms with E-state index in [0.29, 0.717) is 5.92 Å². The Hall–Kier alpha value is -0.900. The molecule has 2 atom stereocenters. The summed E-state index contributed by atoms with van der Waals surface area (Å²) in [6, 6.07) is 8.81. The van der Waals surface area contributed by atoms with Crippen LogP contribution in [0.25, 0.3) is 0 Å². The number of benzene rings is 1. The van der Waals surface area contributed by atoms with Crippen molar-refractivity contribution in [1.29, 1.82) is 0 Å². The highest BCUT2D eigenvalue weighted by Crippen LogP contribution is 2.27. The van der Waals surface area contributed by atoms with Gasteiger partial charge in [-0.3, -0.25) is 11.3 Å². The maximum Gasteiger partial charge on any atom is 0.0782 e. The van der Waals surface area contributed by atoms with Gasteiger partial charge in [0.1, 0.15) is 0 Å². The van der Waals surface area contributed by atoms with E-state index >= 15 is 0 Å². The lowest BCUT2D eigenvalue weighted by atomic mass is 9.94. The molecule has 1 aromatic carbocycles. The van der Waals surface area contributed by atoms with Gasteiger partial charge < -0.3 is 4.74 Å². The van der Waals surface area contributed by atoms with Gasteiger partial charge in [0.05, 0.1) is 12.1 Å². The topological polar surface area (TPSA) is 47.3 Å². The van der Waals surface area contributed by atoms with Crippen molar-refractivity contribution in [3.8, 4) is 0 Å². The van der Waals surface area contributed by atoms with E-state index in [0.717, 1.165) is 13.0 Å². The van der Waals surface area contributed by atoms with Crippen molar-refractivity contribution in [3.63, 3.8) is 0 Å². The zero-order chi connectivity index (χ0) is 13.0. The first-order valence-electron chi connectivity index (χ1n) is 6.90. The van der Waals surface area contributed by atoms with Crippen LogP contribution in [0.3, 0.4) is 0 Å². The Morgan fingerprint density at radius 2 is 1.83 bits per heavy atom. The number of hydrazine groups is 1. The number of ether oxygens (including phenoxy) is 1. The third kappa shape index (κ3) is 3.10. The Bertz CT molecular complexity index is 355. The minimum atomic E-state index is 0.103. The van der Waals surface area contributed by atoms with E-state index < -0.39 is 0 Å². The molecule has 1 heterocycles. The Kier molecular flexibility index (Phi) is 4.75. The molecule has 1 fully saturated rings. The second-order valence-electron chi connectivity index (χ2n) is 5.37. The normalized spacial score (nSPS) is 22.1. The van der Waals surface area contributed by atoms with Gasteiger partial charge in [-0.15, -0.1) is 0 Å². The molecule has 0 bridgehead atoms. The van der Waals surface area contributed by atoms with Crippen molar-refractivity contribution in [1.82, 2.24) is 5.43 Å². The molecule has 3 N–H and O–H groups in total. The van der Waals surface area contributed by atoms with Gasteiger partial charge in [0, 0.05) is 6.61 Å². The van der Waals surface area contributed by atoms with Crippen LogP contribution >= 0.6 is 0 Å². The van der Waals surface area contributed by atoms with Crippen LogP contribution in [0.1, 0.15) is 56.2 Å². The summed E-state index contributed by atoms with van der Waals surface area (Å²) < 4.78 is 5.82. The standard InChI is InChI=1S/C15H24N2O/c1-11(2)12-6-8-13(9-7-12)15(17-16)14-5-3-4-10-18-14/h6-9,11,14-15,17H,3-5,10,16H2,1-2H3.